The standard InChI is InChI=1S/C9H13NO4S2.Na.H/c1-7(2)10-16(13,14)9-5-3-4-8(6-9)15(11)12;;/h3-7,10H,1-2H3,(H,11,12);;/q;+1;-1. The van der Waals surface area contributed by atoms with Crippen molar-refractivity contribution in [2.45, 2.75) is 29.7 Å². The van der Waals surface area contributed by atoms with Gasteiger partial charge in [0.2, 0.25) is 10.0 Å². The summed E-state index contributed by atoms with van der Waals surface area (Å²) < 4.78 is 45.5. The van der Waals surface area contributed by atoms with Crippen molar-refractivity contribution in [3.05, 3.63) is 24.3 Å². The first kappa shape index (κ1) is 17.2. The van der Waals surface area contributed by atoms with E-state index < -0.39 is 21.1 Å². The Hall–Kier alpha value is 0.240. The first-order chi connectivity index (χ1) is 7.33. The van der Waals surface area contributed by atoms with Crippen LogP contribution in [0.2, 0.25) is 0 Å². The van der Waals surface area contributed by atoms with Gasteiger partial charge in [-0.1, -0.05) is 6.07 Å². The van der Waals surface area contributed by atoms with E-state index >= 15 is 0 Å². The third kappa shape index (κ3) is 5.17. The Labute approximate surface area is 127 Å². The van der Waals surface area contributed by atoms with Crippen LogP contribution in [0.4, 0.5) is 0 Å². The SMILES string of the molecule is CC(C)NS(=O)(=O)c1cccc(S(=O)O)c1.[H-].[Na+]. The molecule has 0 bridgehead atoms. The molecule has 0 aliphatic carbocycles. The molecule has 0 heterocycles. The van der Waals surface area contributed by atoms with Crippen LogP contribution < -0.4 is 34.3 Å². The van der Waals surface area contributed by atoms with E-state index in [1.165, 1.54) is 24.3 Å². The quantitative estimate of drug-likeness (QED) is 0.499. The molecule has 1 aromatic carbocycles. The van der Waals surface area contributed by atoms with Gasteiger partial charge in [-0.3, -0.25) is 0 Å². The number of rotatable bonds is 4. The van der Waals surface area contributed by atoms with E-state index in [-0.39, 0.29) is 46.8 Å². The van der Waals surface area contributed by atoms with Crippen molar-refractivity contribution in [3.8, 4) is 0 Å². The molecule has 8 heteroatoms. The van der Waals surface area contributed by atoms with Crippen LogP contribution in [-0.2, 0) is 21.1 Å². The Kier molecular flexibility index (Phi) is 7.08. The van der Waals surface area contributed by atoms with Crippen LogP contribution >= 0.6 is 0 Å². The molecule has 17 heavy (non-hydrogen) atoms. The molecule has 0 fully saturated rings. The van der Waals surface area contributed by atoms with Crippen LogP contribution in [0.15, 0.2) is 34.1 Å². The van der Waals surface area contributed by atoms with Crippen LogP contribution in [0.25, 0.3) is 0 Å². The molecule has 1 aromatic rings. The summed E-state index contributed by atoms with van der Waals surface area (Å²) in [6.07, 6.45) is 0. The zero-order valence-electron chi connectivity index (χ0n) is 10.9. The summed E-state index contributed by atoms with van der Waals surface area (Å²) in [5.74, 6) is 0. The van der Waals surface area contributed by atoms with Crippen molar-refractivity contribution >= 4 is 21.1 Å². The molecule has 5 nitrogen and oxygen atoms in total. The van der Waals surface area contributed by atoms with Gasteiger partial charge in [-0.25, -0.2) is 17.3 Å². The van der Waals surface area contributed by atoms with Crippen LogP contribution in [0, 0.1) is 0 Å². The maximum absolute atomic E-state index is 11.7. The van der Waals surface area contributed by atoms with Gasteiger partial charge < -0.3 is 5.98 Å². The van der Waals surface area contributed by atoms with E-state index in [1.54, 1.807) is 13.8 Å². The molecule has 1 unspecified atom stereocenters. The van der Waals surface area contributed by atoms with Crippen molar-refractivity contribution in [1.82, 2.24) is 4.72 Å². The molecule has 2 N–H and O–H groups in total. The first-order valence-electron chi connectivity index (χ1n) is 4.56. The van der Waals surface area contributed by atoms with Gasteiger partial charge in [-0.2, -0.15) is 0 Å². The molecular formula is C9H14NNaO4S2. The Morgan fingerprint density at radius 2 is 2.00 bits per heavy atom. The van der Waals surface area contributed by atoms with E-state index in [9.17, 15) is 12.6 Å². The normalized spacial score (nSPS) is 13.2. The summed E-state index contributed by atoms with van der Waals surface area (Å²) in [6, 6.07) is 5.15. The summed E-state index contributed by atoms with van der Waals surface area (Å²) in [6.45, 7) is 3.40. The number of hydrogen-bond acceptors (Lipinski definition) is 3. The Bertz CT molecular complexity index is 507. The molecular weight excluding hydrogens is 273 g/mol. The fourth-order valence-corrected chi connectivity index (χ4v) is 2.92. The Morgan fingerprint density at radius 1 is 1.41 bits per heavy atom. The van der Waals surface area contributed by atoms with Gasteiger partial charge in [0.15, 0.2) is 11.1 Å². The van der Waals surface area contributed by atoms with Crippen molar-refractivity contribution in [2.24, 2.45) is 0 Å². The molecule has 1 rings (SSSR count). The number of hydrogen-bond donors (Lipinski definition) is 2. The number of benzene rings is 1. The number of nitrogens with one attached hydrogen (secondary N) is 1. The molecule has 0 aliphatic rings. The van der Waals surface area contributed by atoms with Crippen molar-refractivity contribution in [1.29, 1.82) is 0 Å². The third-order valence-corrected chi connectivity index (χ3v) is 4.02. The molecule has 0 spiro atoms. The maximum atomic E-state index is 11.7. The zero-order valence-corrected chi connectivity index (χ0v) is 13.5. The van der Waals surface area contributed by atoms with Crippen molar-refractivity contribution in [3.63, 3.8) is 0 Å². The Morgan fingerprint density at radius 3 is 2.47 bits per heavy atom. The maximum Gasteiger partial charge on any atom is 1.00 e. The van der Waals surface area contributed by atoms with Gasteiger partial charge in [0.05, 0.1) is 9.79 Å². The summed E-state index contributed by atoms with van der Waals surface area (Å²) in [4.78, 5) is 0.0488. The summed E-state index contributed by atoms with van der Waals surface area (Å²) >= 11 is -2.18. The van der Waals surface area contributed by atoms with Crippen LogP contribution in [0.3, 0.4) is 0 Å². The van der Waals surface area contributed by atoms with Gasteiger partial charge in [-0.05, 0) is 32.0 Å². The second kappa shape index (κ2) is 6.98. The minimum absolute atomic E-state index is 0. The van der Waals surface area contributed by atoms with Crippen LogP contribution in [-0.4, -0.2) is 23.2 Å². The second-order valence-electron chi connectivity index (χ2n) is 3.50. The minimum atomic E-state index is -3.61. The molecule has 0 saturated carbocycles. The van der Waals surface area contributed by atoms with Gasteiger partial charge >= 0.3 is 29.6 Å². The first-order valence-corrected chi connectivity index (χ1v) is 7.15. The zero-order chi connectivity index (χ0) is 12.3. The number of sulfonamides is 1. The fraction of sp³-hybridized carbons (Fsp3) is 0.333. The van der Waals surface area contributed by atoms with Crippen molar-refractivity contribution < 1.29 is 48.2 Å². The third-order valence-electron chi connectivity index (χ3n) is 1.71. The second-order valence-corrected chi connectivity index (χ2v) is 6.18. The van der Waals surface area contributed by atoms with E-state index in [1.807, 2.05) is 0 Å². The van der Waals surface area contributed by atoms with Gasteiger partial charge in [0.1, 0.15) is 0 Å². The molecule has 1 atom stereocenters. The van der Waals surface area contributed by atoms with E-state index in [0.29, 0.717) is 0 Å². The predicted octanol–water partition coefficient (Wildman–Crippen LogP) is -1.93. The summed E-state index contributed by atoms with van der Waals surface area (Å²) in [5.41, 5.74) is 0. The largest absolute Gasteiger partial charge is 1.00 e. The summed E-state index contributed by atoms with van der Waals surface area (Å²) in [7, 11) is -3.61. The molecule has 0 amide bonds. The molecule has 0 radical (unpaired) electrons. The van der Waals surface area contributed by atoms with Crippen LogP contribution in [0.5, 0.6) is 0 Å². The van der Waals surface area contributed by atoms with Gasteiger partial charge in [0.25, 0.3) is 0 Å². The fourth-order valence-electron chi connectivity index (χ4n) is 1.13. The molecule has 0 aromatic heterocycles. The minimum Gasteiger partial charge on any atom is -1.00 e. The average Bonchev–Trinajstić information content (AvgIpc) is 2.16. The predicted molar refractivity (Wildman–Crippen MR) is 62.0 cm³/mol. The molecule has 92 valence electrons. The Balaban J connectivity index is 0. The van der Waals surface area contributed by atoms with Crippen LogP contribution in [0.1, 0.15) is 15.3 Å². The van der Waals surface area contributed by atoms with E-state index in [0.717, 1.165) is 0 Å². The monoisotopic (exact) mass is 287 g/mol. The average molecular weight is 287 g/mol. The molecule has 0 aliphatic heterocycles. The van der Waals surface area contributed by atoms with E-state index in [2.05, 4.69) is 4.72 Å². The summed E-state index contributed by atoms with van der Waals surface area (Å²) in [5, 5.41) is 0. The van der Waals surface area contributed by atoms with Gasteiger partial charge in [-0.15, -0.1) is 0 Å². The van der Waals surface area contributed by atoms with Crippen molar-refractivity contribution in [2.75, 3.05) is 0 Å². The van der Waals surface area contributed by atoms with Gasteiger partial charge in [0, 0.05) is 6.04 Å². The smallest absolute Gasteiger partial charge is 1.00 e. The topological polar surface area (TPSA) is 83.5 Å². The van der Waals surface area contributed by atoms with E-state index in [4.69, 9.17) is 4.55 Å². The molecule has 0 saturated heterocycles.